The first-order valence-electron chi connectivity index (χ1n) is 7.55. The van der Waals surface area contributed by atoms with E-state index in [2.05, 4.69) is 5.32 Å². The monoisotopic (exact) mass is 342 g/mol. The first-order valence-corrected chi connectivity index (χ1v) is 8.99. The van der Waals surface area contributed by atoms with E-state index in [4.69, 9.17) is 9.47 Å². The van der Waals surface area contributed by atoms with Gasteiger partial charge in [-0.2, -0.15) is 4.31 Å². The maximum absolute atomic E-state index is 12.6. The van der Waals surface area contributed by atoms with Crippen LogP contribution in [0.2, 0.25) is 0 Å². The van der Waals surface area contributed by atoms with Crippen LogP contribution in [0.25, 0.3) is 0 Å². The fourth-order valence-electron chi connectivity index (χ4n) is 2.48. The molecule has 0 saturated carbocycles. The Labute approximate surface area is 136 Å². The SMILES string of the molecule is CCOC(=O)NC1CCN(S(=O)(=O)c2ccc(OC)cc2)CC1. The van der Waals surface area contributed by atoms with Crippen molar-refractivity contribution in [3.8, 4) is 5.75 Å². The molecule has 0 atom stereocenters. The lowest BCUT2D eigenvalue weighted by Gasteiger charge is -2.31. The molecule has 0 radical (unpaired) electrons. The highest BCUT2D eigenvalue weighted by Crippen LogP contribution is 2.22. The van der Waals surface area contributed by atoms with E-state index in [1.54, 1.807) is 19.1 Å². The molecule has 7 nitrogen and oxygen atoms in total. The quantitative estimate of drug-likeness (QED) is 0.878. The van der Waals surface area contributed by atoms with Crippen LogP contribution in [0.5, 0.6) is 5.75 Å². The van der Waals surface area contributed by atoms with Gasteiger partial charge < -0.3 is 14.8 Å². The second-order valence-corrected chi connectivity index (χ2v) is 7.16. The third kappa shape index (κ3) is 4.35. The van der Waals surface area contributed by atoms with Gasteiger partial charge in [-0.25, -0.2) is 13.2 Å². The summed E-state index contributed by atoms with van der Waals surface area (Å²) in [5, 5.41) is 2.75. The van der Waals surface area contributed by atoms with Crippen molar-refractivity contribution in [1.29, 1.82) is 0 Å². The molecule has 128 valence electrons. The number of alkyl carbamates (subject to hydrolysis) is 1. The number of carbonyl (C=O) groups is 1. The van der Waals surface area contributed by atoms with Crippen molar-refractivity contribution in [2.75, 3.05) is 26.8 Å². The first kappa shape index (κ1) is 17.6. The molecular weight excluding hydrogens is 320 g/mol. The van der Waals surface area contributed by atoms with Crippen LogP contribution in [-0.4, -0.2) is 51.7 Å². The van der Waals surface area contributed by atoms with E-state index in [1.807, 2.05) is 0 Å². The number of amides is 1. The Morgan fingerprint density at radius 2 is 1.87 bits per heavy atom. The van der Waals surface area contributed by atoms with Gasteiger partial charge in [0.05, 0.1) is 18.6 Å². The topological polar surface area (TPSA) is 84.9 Å². The van der Waals surface area contributed by atoms with Crippen LogP contribution in [0, 0.1) is 0 Å². The predicted molar refractivity (Wildman–Crippen MR) is 84.9 cm³/mol. The molecule has 0 spiro atoms. The van der Waals surface area contributed by atoms with E-state index < -0.39 is 16.1 Å². The normalized spacial score (nSPS) is 16.8. The van der Waals surface area contributed by atoms with Gasteiger partial charge in [-0.05, 0) is 44.0 Å². The van der Waals surface area contributed by atoms with Crippen molar-refractivity contribution in [3.05, 3.63) is 24.3 Å². The molecule has 0 bridgehead atoms. The molecule has 1 fully saturated rings. The molecular formula is C15H22N2O5S. The lowest BCUT2D eigenvalue weighted by molar-refractivity contribution is 0.143. The van der Waals surface area contributed by atoms with E-state index >= 15 is 0 Å². The van der Waals surface area contributed by atoms with Crippen molar-refractivity contribution < 1.29 is 22.7 Å². The van der Waals surface area contributed by atoms with Gasteiger partial charge in [0.1, 0.15) is 5.75 Å². The van der Waals surface area contributed by atoms with Crippen molar-refractivity contribution in [2.24, 2.45) is 0 Å². The first-order chi connectivity index (χ1) is 11.0. The van der Waals surface area contributed by atoms with Gasteiger partial charge in [0.15, 0.2) is 0 Å². The number of rotatable bonds is 5. The zero-order valence-corrected chi connectivity index (χ0v) is 14.1. The number of sulfonamides is 1. The van der Waals surface area contributed by atoms with Crippen molar-refractivity contribution in [2.45, 2.75) is 30.7 Å². The summed E-state index contributed by atoms with van der Waals surface area (Å²) in [6.07, 6.45) is 0.673. The van der Waals surface area contributed by atoms with Gasteiger partial charge in [0, 0.05) is 19.1 Å². The van der Waals surface area contributed by atoms with E-state index in [-0.39, 0.29) is 10.9 Å². The summed E-state index contributed by atoms with van der Waals surface area (Å²) >= 11 is 0. The minimum absolute atomic E-state index is 0.0589. The molecule has 0 aliphatic carbocycles. The van der Waals surface area contributed by atoms with Gasteiger partial charge in [-0.15, -0.1) is 0 Å². The van der Waals surface area contributed by atoms with Crippen LogP contribution < -0.4 is 10.1 Å². The summed E-state index contributed by atoms with van der Waals surface area (Å²) in [5.41, 5.74) is 0. The average molecular weight is 342 g/mol. The number of piperidine rings is 1. The predicted octanol–water partition coefficient (Wildman–Crippen LogP) is 1.59. The Morgan fingerprint density at radius 3 is 2.39 bits per heavy atom. The highest BCUT2D eigenvalue weighted by atomic mass is 32.2. The number of carbonyl (C=O) groups excluding carboxylic acids is 1. The van der Waals surface area contributed by atoms with Crippen LogP contribution in [0.4, 0.5) is 4.79 Å². The fourth-order valence-corrected chi connectivity index (χ4v) is 3.95. The highest BCUT2D eigenvalue weighted by Gasteiger charge is 2.30. The van der Waals surface area contributed by atoms with Gasteiger partial charge in [-0.1, -0.05) is 0 Å². The molecule has 0 aromatic heterocycles. The molecule has 8 heteroatoms. The lowest BCUT2D eigenvalue weighted by atomic mass is 10.1. The number of ether oxygens (including phenoxy) is 2. The Balaban J connectivity index is 1.96. The summed E-state index contributed by atoms with van der Waals surface area (Å²) in [6.45, 7) is 2.79. The molecule has 2 rings (SSSR count). The third-order valence-electron chi connectivity index (χ3n) is 3.75. The molecule has 1 aliphatic heterocycles. The molecule has 1 saturated heterocycles. The van der Waals surface area contributed by atoms with Crippen molar-refractivity contribution in [1.82, 2.24) is 9.62 Å². The van der Waals surface area contributed by atoms with Gasteiger partial charge >= 0.3 is 6.09 Å². The summed E-state index contributed by atoms with van der Waals surface area (Å²) in [6, 6.07) is 6.27. The number of methoxy groups -OCH3 is 1. The zero-order chi connectivity index (χ0) is 16.9. The van der Waals surface area contributed by atoms with Crippen LogP contribution >= 0.6 is 0 Å². The Hall–Kier alpha value is -1.80. The minimum Gasteiger partial charge on any atom is -0.497 e. The number of benzene rings is 1. The van der Waals surface area contributed by atoms with Crippen molar-refractivity contribution in [3.63, 3.8) is 0 Å². The van der Waals surface area contributed by atoms with Crippen LogP contribution in [0.1, 0.15) is 19.8 Å². The molecule has 1 aliphatic rings. The number of nitrogens with one attached hydrogen (secondary N) is 1. The average Bonchev–Trinajstić information content (AvgIpc) is 2.55. The lowest BCUT2D eigenvalue weighted by Crippen LogP contribution is -2.46. The van der Waals surface area contributed by atoms with Crippen molar-refractivity contribution >= 4 is 16.1 Å². The van der Waals surface area contributed by atoms with Crippen LogP contribution in [-0.2, 0) is 14.8 Å². The Bertz CT molecular complexity index is 622. The largest absolute Gasteiger partial charge is 0.497 e. The molecule has 0 unspecified atom stereocenters. The Morgan fingerprint density at radius 1 is 1.26 bits per heavy atom. The second-order valence-electron chi connectivity index (χ2n) is 5.22. The van der Waals surface area contributed by atoms with E-state index in [0.717, 1.165) is 0 Å². The summed E-state index contributed by atoms with van der Waals surface area (Å²) in [7, 11) is -1.98. The highest BCUT2D eigenvalue weighted by molar-refractivity contribution is 7.89. The second kappa shape index (κ2) is 7.65. The maximum atomic E-state index is 12.6. The fraction of sp³-hybridized carbons (Fsp3) is 0.533. The minimum atomic E-state index is -3.52. The third-order valence-corrected chi connectivity index (χ3v) is 5.66. The molecule has 1 heterocycles. The maximum Gasteiger partial charge on any atom is 0.407 e. The molecule has 23 heavy (non-hydrogen) atoms. The summed E-state index contributed by atoms with van der Waals surface area (Å²) < 4.78 is 36.5. The van der Waals surface area contributed by atoms with Gasteiger partial charge in [0.25, 0.3) is 0 Å². The molecule has 1 N–H and O–H groups in total. The standard InChI is InChI=1S/C15H22N2O5S/c1-3-22-15(18)16-12-8-10-17(11-9-12)23(19,20)14-6-4-13(21-2)5-7-14/h4-7,12H,3,8-11H2,1-2H3,(H,16,18). The van der Waals surface area contributed by atoms with Crippen LogP contribution in [0.15, 0.2) is 29.2 Å². The van der Waals surface area contributed by atoms with E-state index in [1.165, 1.54) is 23.5 Å². The summed E-state index contributed by atoms with van der Waals surface area (Å²) in [5.74, 6) is 0.612. The Kier molecular flexibility index (Phi) is 5.84. The zero-order valence-electron chi connectivity index (χ0n) is 13.3. The van der Waals surface area contributed by atoms with Crippen LogP contribution in [0.3, 0.4) is 0 Å². The molecule has 1 aromatic carbocycles. The number of hydrogen-bond acceptors (Lipinski definition) is 5. The van der Waals surface area contributed by atoms with E-state index in [0.29, 0.717) is 38.3 Å². The molecule has 1 amide bonds. The van der Waals surface area contributed by atoms with Gasteiger partial charge in [-0.3, -0.25) is 0 Å². The van der Waals surface area contributed by atoms with Gasteiger partial charge in [0.2, 0.25) is 10.0 Å². The number of nitrogens with zero attached hydrogens (tertiary/aromatic N) is 1. The number of hydrogen-bond donors (Lipinski definition) is 1. The summed E-state index contributed by atoms with van der Waals surface area (Å²) in [4.78, 5) is 11.6. The smallest absolute Gasteiger partial charge is 0.407 e. The van der Waals surface area contributed by atoms with E-state index in [9.17, 15) is 13.2 Å². The molecule has 1 aromatic rings.